The lowest BCUT2D eigenvalue weighted by atomic mass is 10.1. The topological polar surface area (TPSA) is 80.8 Å². The first-order valence-corrected chi connectivity index (χ1v) is 9.77. The molecule has 3 rings (SSSR count). The van der Waals surface area contributed by atoms with Gasteiger partial charge in [-0.2, -0.15) is 4.68 Å². The summed E-state index contributed by atoms with van der Waals surface area (Å²) in [4.78, 5) is 12.8. The Morgan fingerprint density at radius 3 is 2.88 bits per heavy atom. The van der Waals surface area contributed by atoms with Crippen LogP contribution in [-0.2, 0) is 22.6 Å². The van der Waals surface area contributed by atoms with Crippen molar-refractivity contribution in [1.29, 1.82) is 0 Å². The van der Waals surface area contributed by atoms with E-state index in [0.29, 0.717) is 28.7 Å². The average Bonchev–Trinajstić information content (AvgIpc) is 3.17. The number of aryl methyl sites for hydroxylation is 1. The number of anilines is 2. The molecular weight excluding hydrogens is 372 g/mol. The summed E-state index contributed by atoms with van der Waals surface area (Å²) < 4.78 is 7.17. The molecule has 0 amide bonds. The fourth-order valence-corrected chi connectivity index (χ4v) is 4.17. The monoisotopic (exact) mass is 395 g/mol. The van der Waals surface area contributed by atoms with Gasteiger partial charge in [0, 0.05) is 12.1 Å². The normalized spacial score (nSPS) is 22.3. The molecular formula is C17H23N4O3S2+. The van der Waals surface area contributed by atoms with Gasteiger partial charge >= 0.3 is 5.97 Å². The Morgan fingerprint density at radius 2 is 2.23 bits per heavy atom. The van der Waals surface area contributed by atoms with Gasteiger partial charge in [-0.05, 0) is 36.3 Å². The smallest absolute Gasteiger partial charge is 0.364 e. The quantitative estimate of drug-likeness (QED) is 0.503. The largest absolute Gasteiger partial charge is 0.465 e. The number of likely N-dealkylation sites (tertiary alicyclic amines) is 1. The molecule has 0 aliphatic carbocycles. The van der Waals surface area contributed by atoms with E-state index < -0.39 is 12.1 Å². The second-order valence-electron chi connectivity index (χ2n) is 6.33. The molecule has 26 heavy (non-hydrogen) atoms. The summed E-state index contributed by atoms with van der Waals surface area (Å²) >= 11 is 6.79. The summed E-state index contributed by atoms with van der Waals surface area (Å²) in [7, 11) is 1.37. The molecule has 0 spiro atoms. The SMILES string of the molecule is CCc1ccc(Nc2nn(C[NH+]3C[C@H](O)C[C@H]3C(=O)OC)c(=S)s2)cc1. The van der Waals surface area contributed by atoms with Gasteiger partial charge in [0.25, 0.3) is 0 Å². The summed E-state index contributed by atoms with van der Waals surface area (Å²) in [6.45, 7) is 3.01. The number of hydrogen-bond donors (Lipinski definition) is 3. The molecule has 1 aromatic heterocycles. The highest BCUT2D eigenvalue weighted by Crippen LogP contribution is 2.20. The third kappa shape index (κ3) is 4.29. The van der Waals surface area contributed by atoms with Crippen LogP contribution in [0.2, 0.25) is 0 Å². The van der Waals surface area contributed by atoms with Gasteiger partial charge in [-0.15, -0.1) is 5.10 Å². The standard InChI is InChI=1S/C17H22N4O3S2/c1-3-11-4-6-12(7-5-11)18-16-19-21(17(25)26-16)10-20-9-13(22)8-14(20)15(23)24-2/h4-7,13-14,22H,3,8-10H2,1-2H3,(H,18,19)/p+1/t13-,14+/m1/s1. The molecule has 0 saturated carbocycles. The van der Waals surface area contributed by atoms with Gasteiger partial charge in [0.2, 0.25) is 5.13 Å². The van der Waals surface area contributed by atoms with Gasteiger partial charge in [0.15, 0.2) is 16.7 Å². The number of hydrogen-bond acceptors (Lipinski definition) is 7. The van der Waals surface area contributed by atoms with E-state index in [-0.39, 0.29) is 5.97 Å². The van der Waals surface area contributed by atoms with E-state index in [1.807, 2.05) is 12.1 Å². The minimum Gasteiger partial charge on any atom is -0.465 e. The van der Waals surface area contributed by atoms with E-state index in [9.17, 15) is 9.90 Å². The molecule has 0 radical (unpaired) electrons. The highest BCUT2D eigenvalue weighted by molar-refractivity contribution is 7.73. The van der Waals surface area contributed by atoms with E-state index in [1.54, 1.807) is 4.68 Å². The predicted molar refractivity (Wildman–Crippen MR) is 102 cm³/mol. The Morgan fingerprint density at radius 1 is 1.50 bits per heavy atom. The van der Waals surface area contributed by atoms with Crippen LogP contribution in [0.4, 0.5) is 10.8 Å². The second-order valence-corrected chi connectivity index (χ2v) is 7.96. The molecule has 1 fully saturated rings. The van der Waals surface area contributed by atoms with Crippen molar-refractivity contribution in [3.8, 4) is 0 Å². The van der Waals surface area contributed by atoms with E-state index in [4.69, 9.17) is 17.0 Å². The van der Waals surface area contributed by atoms with Crippen LogP contribution < -0.4 is 10.2 Å². The number of aliphatic hydroxyl groups excluding tert-OH is 1. The predicted octanol–water partition coefficient (Wildman–Crippen LogP) is 1.13. The van der Waals surface area contributed by atoms with Crippen molar-refractivity contribution in [3.63, 3.8) is 0 Å². The molecule has 0 bridgehead atoms. The molecule has 2 heterocycles. The number of esters is 1. The highest BCUT2D eigenvalue weighted by Gasteiger charge is 2.41. The van der Waals surface area contributed by atoms with Crippen molar-refractivity contribution in [2.24, 2.45) is 0 Å². The number of carbonyl (C=O) groups is 1. The molecule has 1 unspecified atom stereocenters. The van der Waals surface area contributed by atoms with Crippen LogP contribution in [0.25, 0.3) is 0 Å². The van der Waals surface area contributed by atoms with Crippen LogP contribution in [0.5, 0.6) is 0 Å². The molecule has 140 valence electrons. The first-order chi connectivity index (χ1) is 12.5. The third-order valence-corrected chi connectivity index (χ3v) is 5.78. The lowest BCUT2D eigenvalue weighted by Crippen LogP contribution is -3.14. The summed E-state index contributed by atoms with van der Waals surface area (Å²) in [6.07, 6.45) is 0.880. The zero-order valence-electron chi connectivity index (χ0n) is 14.8. The number of rotatable bonds is 6. The summed E-state index contributed by atoms with van der Waals surface area (Å²) in [6, 6.07) is 7.80. The number of nitrogens with one attached hydrogen (secondary N) is 2. The molecule has 3 atom stereocenters. The van der Waals surface area contributed by atoms with Crippen LogP contribution in [0, 0.1) is 3.95 Å². The van der Waals surface area contributed by atoms with E-state index >= 15 is 0 Å². The third-order valence-electron chi connectivity index (χ3n) is 4.56. The van der Waals surface area contributed by atoms with Crippen LogP contribution in [0.15, 0.2) is 24.3 Å². The Bertz CT molecular complexity index is 818. The van der Waals surface area contributed by atoms with Crippen molar-refractivity contribution in [2.45, 2.75) is 38.6 Å². The Kier molecular flexibility index (Phi) is 6.02. The van der Waals surface area contributed by atoms with Crippen LogP contribution in [0.3, 0.4) is 0 Å². The van der Waals surface area contributed by atoms with Crippen molar-refractivity contribution >= 4 is 40.3 Å². The number of methoxy groups -OCH3 is 1. The molecule has 7 nitrogen and oxygen atoms in total. The zero-order valence-corrected chi connectivity index (χ0v) is 16.4. The highest BCUT2D eigenvalue weighted by atomic mass is 32.1. The zero-order chi connectivity index (χ0) is 18.7. The van der Waals surface area contributed by atoms with Gasteiger partial charge in [-0.1, -0.05) is 30.4 Å². The fourth-order valence-electron chi connectivity index (χ4n) is 3.14. The van der Waals surface area contributed by atoms with E-state index in [2.05, 4.69) is 29.5 Å². The number of aliphatic hydroxyl groups is 1. The number of benzene rings is 1. The second kappa shape index (κ2) is 8.26. The average molecular weight is 396 g/mol. The van der Waals surface area contributed by atoms with Gasteiger partial charge < -0.3 is 20.1 Å². The molecule has 1 aromatic carbocycles. The van der Waals surface area contributed by atoms with Gasteiger partial charge in [-0.25, -0.2) is 4.79 Å². The Balaban J connectivity index is 1.71. The first kappa shape index (κ1) is 19.0. The maximum Gasteiger partial charge on any atom is 0.364 e. The maximum atomic E-state index is 11.9. The molecule has 3 N–H and O–H groups in total. The Hall–Kier alpha value is -1.81. The van der Waals surface area contributed by atoms with Crippen molar-refractivity contribution in [2.75, 3.05) is 19.0 Å². The molecule has 2 aromatic rings. The molecule has 9 heteroatoms. The van der Waals surface area contributed by atoms with Gasteiger partial charge in [-0.3, -0.25) is 0 Å². The maximum absolute atomic E-state index is 11.9. The summed E-state index contributed by atoms with van der Waals surface area (Å²) in [5.41, 5.74) is 2.23. The van der Waals surface area contributed by atoms with Crippen molar-refractivity contribution in [1.82, 2.24) is 9.78 Å². The molecule has 1 saturated heterocycles. The Labute approximate surface area is 161 Å². The molecule has 1 aliphatic heterocycles. The van der Waals surface area contributed by atoms with Crippen molar-refractivity contribution in [3.05, 3.63) is 33.8 Å². The van der Waals surface area contributed by atoms with Crippen LogP contribution in [-0.4, -0.2) is 46.7 Å². The lowest BCUT2D eigenvalue weighted by molar-refractivity contribution is -0.928. The molecule has 1 aliphatic rings. The van der Waals surface area contributed by atoms with Gasteiger partial charge in [0.1, 0.15) is 12.6 Å². The van der Waals surface area contributed by atoms with E-state index in [0.717, 1.165) is 17.0 Å². The van der Waals surface area contributed by atoms with E-state index in [1.165, 1.54) is 24.0 Å². The number of aromatic nitrogens is 2. The minimum atomic E-state index is -0.517. The first-order valence-electron chi connectivity index (χ1n) is 8.54. The minimum absolute atomic E-state index is 0.312. The number of quaternary nitrogens is 1. The fraction of sp³-hybridized carbons (Fsp3) is 0.471. The van der Waals surface area contributed by atoms with Gasteiger partial charge in [0.05, 0.1) is 7.11 Å². The number of nitrogens with zero attached hydrogens (tertiary/aromatic N) is 2. The number of ether oxygens (including phenoxy) is 1. The summed E-state index contributed by atoms with van der Waals surface area (Å²) in [5, 5.41) is 18.4. The van der Waals surface area contributed by atoms with Crippen LogP contribution in [0.1, 0.15) is 18.9 Å². The van der Waals surface area contributed by atoms with Crippen molar-refractivity contribution < 1.29 is 19.5 Å². The number of carbonyl (C=O) groups excluding carboxylic acids is 1. The summed E-state index contributed by atoms with van der Waals surface area (Å²) in [5.74, 6) is -0.312. The van der Waals surface area contributed by atoms with Crippen LogP contribution >= 0.6 is 23.6 Å². The lowest BCUT2D eigenvalue weighted by Gasteiger charge is -2.18.